The van der Waals surface area contributed by atoms with Crippen LogP contribution in [-0.4, -0.2) is 15.0 Å². The molecule has 1 aliphatic carbocycles. The summed E-state index contributed by atoms with van der Waals surface area (Å²) in [6.07, 6.45) is 1.86. The highest BCUT2D eigenvalue weighted by molar-refractivity contribution is 5.95. The fourth-order valence-corrected chi connectivity index (χ4v) is 9.50. The first-order valence-electron chi connectivity index (χ1n) is 20.3. The SMILES string of the molecule is c1ccc(-c2cc(-c3ccccc3)nc(-c3ccc(-c4ccc5c(c4)Oc4cc(-c6cccc7cccnc67)ccc4C54c5ccccc5-c5ccccc54)cc3)n2)cc1. The molecule has 3 heterocycles. The highest BCUT2D eigenvalue weighted by Gasteiger charge is 2.51. The number of pyridine rings is 1. The van der Waals surface area contributed by atoms with Crippen molar-refractivity contribution in [3.8, 4) is 78.8 Å². The van der Waals surface area contributed by atoms with Gasteiger partial charge in [-0.2, -0.15) is 0 Å². The van der Waals surface area contributed by atoms with E-state index in [0.717, 1.165) is 83.9 Å². The van der Waals surface area contributed by atoms with Gasteiger partial charge in [0.1, 0.15) is 11.5 Å². The van der Waals surface area contributed by atoms with E-state index in [0.29, 0.717) is 5.82 Å². The Bertz CT molecular complexity index is 3180. The molecule has 280 valence electrons. The van der Waals surface area contributed by atoms with E-state index in [2.05, 4.69) is 164 Å². The molecule has 1 aliphatic heterocycles. The Morgan fingerprint density at radius 3 is 1.52 bits per heavy atom. The zero-order chi connectivity index (χ0) is 39.6. The van der Waals surface area contributed by atoms with Crippen molar-refractivity contribution in [3.05, 3.63) is 235 Å². The van der Waals surface area contributed by atoms with E-state index >= 15 is 0 Å². The maximum absolute atomic E-state index is 7.09. The first-order chi connectivity index (χ1) is 29.7. The number of hydrogen-bond donors (Lipinski definition) is 0. The topological polar surface area (TPSA) is 47.9 Å². The summed E-state index contributed by atoms with van der Waals surface area (Å²) in [7, 11) is 0. The number of para-hydroxylation sites is 1. The number of rotatable bonds is 5. The van der Waals surface area contributed by atoms with Gasteiger partial charge in [-0.3, -0.25) is 4.98 Å². The molecule has 0 radical (unpaired) electrons. The van der Waals surface area contributed by atoms with Gasteiger partial charge in [0.2, 0.25) is 0 Å². The zero-order valence-electron chi connectivity index (χ0n) is 32.5. The minimum Gasteiger partial charge on any atom is -0.457 e. The minimum atomic E-state index is -0.564. The molecule has 1 spiro atoms. The van der Waals surface area contributed by atoms with E-state index in [1.54, 1.807) is 0 Å². The fraction of sp³-hybridized carbons (Fsp3) is 0.0179. The lowest BCUT2D eigenvalue weighted by atomic mass is 9.65. The second-order valence-electron chi connectivity index (χ2n) is 15.5. The summed E-state index contributed by atoms with van der Waals surface area (Å²) in [5.74, 6) is 2.37. The summed E-state index contributed by atoms with van der Waals surface area (Å²) in [4.78, 5) is 14.9. The summed E-state index contributed by atoms with van der Waals surface area (Å²) in [5, 5.41) is 1.11. The third-order valence-corrected chi connectivity index (χ3v) is 12.2. The Morgan fingerprint density at radius 2 is 0.867 bits per heavy atom. The van der Waals surface area contributed by atoms with Gasteiger partial charge in [0.05, 0.1) is 22.3 Å². The van der Waals surface area contributed by atoms with Crippen LogP contribution in [-0.2, 0) is 5.41 Å². The highest BCUT2D eigenvalue weighted by atomic mass is 16.5. The van der Waals surface area contributed by atoms with Crippen LogP contribution < -0.4 is 4.74 Å². The molecule has 2 aromatic heterocycles. The molecular formula is C56H35N3O. The molecule has 12 rings (SSSR count). The first kappa shape index (κ1) is 34.1. The molecule has 0 fully saturated rings. The summed E-state index contributed by atoms with van der Waals surface area (Å²) < 4.78 is 7.09. The van der Waals surface area contributed by atoms with Crippen molar-refractivity contribution in [2.75, 3.05) is 0 Å². The largest absolute Gasteiger partial charge is 0.457 e. The quantitative estimate of drug-likeness (QED) is 0.175. The van der Waals surface area contributed by atoms with Crippen molar-refractivity contribution in [1.29, 1.82) is 0 Å². The second-order valence-corrected chi connectivity index (χ2v) is 15.5. The molecule has 0 bridgehead atoms. The lowest BCUT2D eigenvalue weighted by Gasteiger charge is -2.39. The molecule has 60 heavy (non-hydrogen) atoms. The van der Waals surface area contributed by atoms with Crippen LogP contribution in [0.1, 0.15) is 22.3 Å². The van der Waals surface area contributed by atoms with Gasteiger partial charge in [-0.1, -0.05) is 182 Å². The van der Waals surface area contributed by atoms with Crippen LogP contribution in [0.3, 0.4) is 0 Å². The first-order valence-corrected chi connectivity index (χ1v) is 20.3. The summed E-state index contributed by atoms with van der Waals surface area (Å²) in [5.41, 5.74) is 16.8. The van der Waals surface area contributed by atoms with Gasteiger partial charge in [0.25, 0.3) is 0 Å². The third-order valence-electron chi connectivity index (χ3n) is 12.2. The summed E-state index contributed by atoms with van der Waals surface area (Å²) in [6.45, 7) is 0. The molecule has 0 N–H and O–H groups in total. The maximum Gasteiger partial charge on any atom is 0.160 e. The normalized spacial score (nSPS) is 12.9. The highest BCUT2D eigenvalue weighted by Crippen LogP contribution is 2.62. The fourth-order valence-electron chi connectivity index (χ4n) is 9.50. The number of hydrogen-bond acceptors (Lipinski definition) is 4. The lowest BCUT2D eigenvalue weighted by molar-refractivity contribution is 0.437. The van der Waals surface area contributed by atoms with Crippen molar-refractivity contribution < 1.29 is 4.74 Å². The van der Waals surface area contributed by atoms with Gasteiger partial charge in [0.15, 0.2) is 5.82 Å². The van der Waals surface area contributed by atoms with Crippen LogP contribution in [0.4, 0.5) is 0 Å². The molecule has 4 heteroatoms. The molecule has 10 aromatic rings. The van der Waals surface area contributed by atoms with Crippen LogP contribution in [0.15, 0.2) is 212 Å². The molecule has 0 atom stereocenters. The van der Waals surface area contributed by atoms with Gasteiger partial charge in [0, 0.05) is 45.0 Å². The predicted molar refractivity (Wildman–Crippen MR) is 242 cm³/mol. The van der Waals surface area contributed by atoms with Crippen molar-refractivity contribution in [2.24, 2.45) is 0 Å². The number of benzene rings is 8. The average Bonchev–Trinajstić information content (AvgIpc) is 3.62. The van der Waals surface area contributed by atoms with E-state index in [1.807, 2.05) is 48.7 Å². The van der Waals surface area contributed by atoms with Gasteiger partial charge < -0.3 is 4.74 Å². The lowest BCUT2D eigenvalue weighted by Crippen LogP contribution is -2.32. The maximum atomic E-state index is 7.09. The Labute approximate surface area is 348 Å². The van der Waals surface area contributed by atoms with E-state index in [-0.39, 0.29) is 0 Å². The number of fused-ring (bicyclic) bond motifs is 10. The average molecular weight is 766 g/mol. The zero-order valence-corrected chi connectivity index (χ0v) is 32.5. The summed E-state index contributed by atoms with van der Waals surface area (Å²) >= 11 is 0. The van der Waals surface area contributed by atoms with E-state index in [9.17, 15) is 0 Å². The van der Waals surface area contributed by atoms with Crippen molar-refractivity contribution in [2.45, 2.75) is 5.41 Å². The van der Waals surface area contributed by atoms with Crippen LogP contribution in [0, 0.1) is 0 Å². The molecule has 8 aromatic carbocycles. The van der Waals surface area contributed by atoms with Crippen LogP contribution in [0.25, 0.3) is 78.2 Å². The van der Waals surface area contributed by atoms with Gasteiger partial charge in [-0.25, -0.2) is 9.97 Å². The van der Waals surface area contributed by atoms with Gasteiger partial charge in [-0.05, 0) is 63.2 Å². The molecule has 0 amide bonds. The van der Waals surface area contributed by atoms with Gasteiger partial charge in [-0.15, -0.1) is 0 Å². The van der Waals surface area contributed by atoms with Crippen molar-refractivity contribution in [3.63, 3.8) is 0 Å². The third kappa shape index (κ3) is 5.28. The molecule has 0 saturated heterocycles. The van der Waals surface area contributed by atoms with E-state index in [4.69, 9.17) is 19.7 Å². The molecule has 0 unspecified atom stereocenters. The Hall–Kier alpha value is -7.95. The van der Waals surface area contributed by atoms with Crippen LogP contribution in [0.2, 0.25) is 0 Å². The monoisotopic (exact) mass is 765 g/mol. The van der Waals surface area contributed by atoms with Gasteiger partial charge >= 0.3 is 0 Å². The van der Waals surface area contributed by atoms with Crippen LogP contribution >= 0.6 is 0 Å². The smallest absolute Gasteiger partial charge is 0.160 e. The predicted octanol–water partition coefficient (Wildman–Crippen LogP) is 13.8. The number of nitrogens with zero attached hydrogens (tertiary/aromatic N) is 3. The molecule has 0 saturated carbocycles. The Balaban J connectivity index is 0.992. The summed E-state index contributed by atoms with van der Waals surface area (Å²) in [6, 6.07) is 72.9. The number of aromatic nitrogens is 3. The van der Waals surface area contributed by atoms with E-state index in [1.165, 1.54) is 22.3 Å². The number of ether oxygens (including phenoxy) is 1. The molecule has 2 aliphatic rings. The molecular weight excluding hydrogens is 731 g/mol. The standard InChI is InChI=1S/C56H35N3O/c1-3-13-37(14-4-1)50-35-51(38-15-5-2-6-16-38)59-55(58-50)40-26-24-36(25-27-40)41-28-30-48-52(33-41)60-53-34-42(43-21-11-17-39-18-12-32-57-54(39)43)29-31-49(53)56(48)46-22-9-7-19-44(46)45-20-8-10-23-47(45)56/h1-35H. The molecule has 4 nitrogen and oxygen atoms in total. The Morgan fingerprint density at radius 1 is 0.350 bits per heavy atom. The minimum absolute atomic E-state index is 0.564. The van der Waals surface area contributed by atoms with Crippen molar-refractivity contribution >= 4 is 10.9 Å². The second kappa shape index (κ2) is 13.6. The Kier molecular flexibility index (Phi) is 7.72. The van der Waals surface area contributed by atoms with E-state index < -0.39 is 5.41 Å². The van der Waals surface area contributed by atoms with Crippen molar-refractivity contribution in [1.82, 2.24) is 15.0 Å². The van der Waals surface area contributed by atoms with Crippen LogP contribution in [0.5, 0.6) is 11.5 Å².